The summed E-state index contributed by atoms with van der Waals surface area (Å²) in [5, 5.41) is 0.755. The fourth-order valence-electron chi connectivity index (χ4n) is 1.83. The van der Waals surface area contributed by atoms with Crippen LogP contribution in [0.2, 0.25) is 0 Å². The lowest BCUT2D eigenvalue weighted by atomic mass is 10.0. The number of hydrogen-bond donors (Lipinski definition) is 0. The Bertz CT molecular complexity index is 606. The van der Waals surface area contributed by atoms with Crippen LogP contribution >= 0.6 is 31.9 Å². The molecule has 0 aromatic heterocycles. The minimum atomic E-state index is 0.00914. The molecule has 2 nitrogen and oxygen atoms in total. The lowest BCUT2D eigenvalue weighted by Crippen LogP contribution is -2.02. The van der Waals surface area contributed by atoms with Crippen molar-refractivity contribution >= 4 is 37.6 Å². The summed E-state index contributed by atoms with van der Waals surface area (Å²) >= 11 is 6.89. The van der Waals surface area contributed by atoms with Crippen molar-refractivity contribution in [2.45, 2.75) is 12.3 Å². The third kappa shape index (κ3) is 3.49. The molecule has 2 rings (SSSR count). The molecular weight excluding hydrogens is 384 g/mol. The van der Waals surface area contributed by atoms with Gasteiger partial charge < -0.3 is 4.74 Å². The van der Waals surface area contributed by atoms with Crippen molar-refractivity contribution in [1.29, 1.82) is 0 Å². The molecule has 2 aromatic carbocycles. The van der Waals surface area contributed by atoms with Gasteiger partial charge in [0.15, 0.2) is 5.78 Å². The molecule has 0 saturated heterocycles. The van der Waals surface area contributed by atoms with Crippen LogP contribution < -0.4 is 4.74 Å². The second-order valence-corrected chi connectivity index (χ2v) is 5.64. The van der Waals surface area contributed by atoms with Gasteiger partial charge in [0.05, 0.1) is 6.61 Å². The fraction of sp³-hybridized carbons (Fsp3) is 0.188. The predicted molar refractivity (Wildman–Crippen MR) is 87.8 cm³/mol. The van der Waals surface area contributed by atoms with Gasteiger partial charge in [-0.25, -0.2) is 0 Å². The van der Waals surface area contributed by atoms with Gasteiger partial charge in [-0.15, -0.1) is 0 Å². The highest BCUT2D eigenvalue weighted by Crippen LogP contribution is 2.23. The van der Waals surface area contributed by atoms with E-state index < -0.39 is 0 Å². The molecule has 0 N–H and O–H groups in total. The SMILES string of the molecule is CCOc1ccc(C(=O)c2ccc(CBr)c(Br)c2)cc1. The minimum Gasteiger partial charge on any atom is -0.494 e. The molecule has 104 valence electrons. The van der Waals surface area contributed by atoms with Gasteiger partial charge in [-0.3, -0.25) is 4.79 Å². The molecule has 0 atom stereocenters. The van der Waals surface area contributed by atoms with Gasteiger partial charge in [0.25, 0.3) is 0 Å². The van der Waals surface area contributed by atoms with E-state index in [1.54, 1.807) is 12.1 Å². The van der Waals surface area contributed by atoms with Gasteiger partial charge >= 0.3 is 0 Å². The van der Waals surface area contributed by atoms with Gasteiger partial charge in [-0.2, -0.15) is 0 Å². The van der Waals surface area contributed by atoms with E-state index in [1.165, 1.54) is 0 Å². The van der Waals surface area contributed by atoms with Crippen LogP contribution in [-0.4, -0.2) is 12.4 Å². The summed E-state index contributed by atoms with van der Waals surface area (Å²) in [6.07, 6.45) is 0. The largest absolute Gasteiger partial charge is 0.494 e. The van der Waals surface area contributed by atoms with Gasteiger partial charge in [-0.05, 0) is 42.8 Å². The first kappa shape index (κ1) is 15.3. The van der Waals surface area contributed by atoms with Gasteiger partial charge in [0.1, 0.15) is 5.75 Å². The number of rotatable bonds is 5. The third-order valence-corrected chi connectivity index (χ3v) is 4.23. The summed E-state index contributed by atoms with van der Waals surface area (Å²) < 4.78 is 6.31. The van der Waals surface area contributed by atoms with Crippen molar-refractivity contribution in [2.75, 3.05) is 6.61 Å². The first-order chi connectivity index (χ1) is 9.65. The second-order valence-electron chi connectivity index (χ2n) is 4.23. The Morgan fingerprint density at radius 3 is 2.30 bits per heavy atom. The van der Waals surface area contributed by atoms with Gasteiger partial charge in [-0.1, -0.05) is 44.0 Å². The highest BCUT2D eigenvalue weighted by atomic mass is 79.9. The molecule has 0 heterocycles. The van der Waals surface area contributed by atoms with Crippen LogP contribution in [0.1, 0.15) is 28.4 Å². The number of halogens is 2. The smallest absolute Gasteiger partial charge is 0.193 e. The maximum Gasteiger partial charge on any atom is 0.193 e. The maximum absolute atomic E-state index is 12.4. The molecule has 0 bridgehead atoms. The number of carbonyl (C=O) groups excluding carboxylic acids is 1. The first-order valence-corrected chi connectivity index (χ1v) is 8.19. The molecule has 0 saturated carbocycles. The zero-order valence-electron chi connectivity index (χ0n) is 11.0. The molecule has 0 aliphatic carbocycles. The highest BCUT2D eigenvalue weighted by molar-refractivity contribution is 9.10. The summed E-state index contributed by atoms with van der Waals surface area (Å²) in [6.45, 7) is 2.55. The molecule has 20 heavy (non-hydrogen) atoms. The van der Waals surface area contributed by atoms with E-state index in [0.29, 0.717) is 17.7 Å². The summed E-state index contributed by atoms with van der Waals surface area (Å²) in [5.74, 6) is 0.787. The van der Waals surface area contributed by atoms with E-state index in [2.05, 4.69) is 31.9 Å². The van der Waals surface area contributed by atoms with Crippen molar-refractivity contribution in [1.82, 2.24) is 0 Å². The van der Waals surface area contributed by atoms with Crippen molar-refractivity contribution < 1.29 is 9.53 Å². The van der Waals surface area contributed by atoms with Crippen LogP contribution in [0, 0.1) is 0 Å². The van der Waals surface area contributed by atoms with Crippen molar-refractivity contribution in [3.63, 3.8) is 0 Å². The normalized spacial score (nSPS) is 10.3. The van der Waals surface area contributed by atoms with Crippen LogP contribution in [0.25, 0.3) is 0 Å². The van der Waals surface area contributed by atoms with Crippen molar-refractivity contribution in [3.8, 4) is 5.75 Å². The molecule has 0 aliphatic heterocycles. The molecule has 0 radical (unpaired) electrons. The summed E-state index contributed by atoms with van der Waals surface area (Å²) in [4.78, 5) is 12.4. The van der Waals surface area contributed by atoms with Gasteiger partial charge in [0, 0.05) is 20.9 Å². The van der Waals surface area contributed by atoms with Crippen LogP contribution in [0.4, 0.5) is 0 Å². The van der Waals surface area contributed by atoms with Crippen LogP contribution in [-0.2, 0) is 5.33 Å². The van der Waals surface area contributed by atoms with Crippen LogP contribution in [0.5, 0.6) is 5.75 Å². The van der Waals surface area contributed by atoms with E-state index in [9.17, 15) is 4.79 Å². The zero-order chi connectivity index (χ0) is 14.5. The van der Waals surface area contributed by atoms with Crippen LogP contribution in [0.3, 0.4) is 0 Å². The lowest BCUT2D eigenvalue weighted by molar-refractivity contribution is 0.103. The van der Waals surface area contributed by atoms with Gasteiger partial charge in [0.2, 0.25) is 0 Å². The number of benzene rings is 2. The Balaban J connectivity index is 2.24. The summed E-state index contributed by atoms with van der Waals surface area (Å²) in [5.41, 5.74) is 2.45. The third-order valence-electron chi connectivity index (χ3n) is 2.89. The molecular formula is C16H14Br2O2. The molecule has 0 aliphatic rings. The average molecular weight is 398 g/mol. The topological polar surface area (TPSA) is 26.3 Å². The Hall–Kier alpha value is -1.13. The first-order valence-electron chi connectivity index (χ1n) is 6.27. The Morgan fingerprint density at radius 1 is 1.10 bits per heavy atom. The minimum absolute atomic E-state index is 0.00914. The molecule has 4 heteroatoms. The number of ether oxygens (including phenoxy) is 1. The summed E-state index contributed by atoms with van der Waals surface area (Å²) in [6, 6.07) is 12.9. The highest BCUT2D eigenvalue weighted by Gasteiger charge is 2.11. The average Bonchev–Trinajstić information content (AvgIpc) is 2.47. The molecule has 0 fully saturated rings. The number of alkyl halides is 1. The quantitative estimate of drug-likeness (QED) is 0.525. The van der Waals surface area contributed by atoms with Crippen LogP contribution in [0.15, 0.2) is 46.9 Å². The van der Waals surface area contributed by atoms with E-state index in [4.69, 9.17) is 4.74 Å². The molecule has 0 amide bonds. The summed E-state index contributed by atoms with van der Waals surface area (Å²) in [7, 11) is 0. The second kappa shape index (κ2) is 7.04. The Kier molecular flexibility index (Phi) is 5.38. The van der Waals surface area contributed by atoms with E-state index >= 15 is 0 Å². The van der Waals surface area contributed by atoms with E-state index in [1.807, 2.05) is 37.3 Å². The Labute approximate surface area is 135 Å². The monoisotopic (exact) mass is 396 g/mol. The van der Waals surface area contributed by atoms with E-state index in [-0.39, 0.29) is 5.78 Å². The number of ketones is 1. The Morgan fingerprint density at radius 2 is 1.75 bits per heavy atom. The molecule has 2 aromatic rings. The number of hydrogen-bond acceptors (Lipinski definition) is 2. The maximum atomic E-state index is 12.4. The standard InChI is InChI=1S/C16H14Br2O2/c1-2-20-14-7-5-11(6-8-14)16(19)12-3-4-13(10-17)15(18)9-12/h3-9H,2,10H2,1H3. The van der Waals surface area contributed by atoms with Crippen molar-refractivity contribution in [2.24, 2.45) is 0 Å². The predicted octanol–water partition coefficient (Wildman–Crippen LogP) is 4.97. The zero-order valence-corrected chi connectivity index (χ0v) is 14.2. The molecule has 0 spiro atoms. The number of carbonyl (C=O) groups is 1. The molecule has 0 unspecified atom stereocenters. The fourth-order valence-corrected chi connectivity index (χ4v) is 3.22. The van der Waals surface area contributed by atoms with Crippen molar-refractivity contribution in [3.05, 3.63) is 63.6 Å². The lowest BCUT2D eigenvalue weighted by Gasteiger charge is -2.06. The van der Waals surface area contributed by atoms with E-state index in [0.717, 1.165) is 21.1 Å².